The summed E-state index contributed by atoms with van der Waals surface area (Å²) >= 11 is 3.45. The second kappa shape index (κ2) is 9.13. The molecule has 2 fully saturated rings. The van der Waals surface area contributed by atoms with Gasteiger partial charge in [-0.05, 0) is 42.5 Å². The van der Waals surface area contributed by atoms with Gasteiger partial charge in [-0.3, -0.25) is 9.69 Å². The van der Waals surface area contributed by atoms with Crippen LogP contribution in [0, 0.1) is 5.82 Å². The molecule has 0 aromatic heterocycles. The first-order valence-corrected chi connectivity index (χ1v) is 11.0. The normalized spacial score (nSPS) is 18.9. The number of carbonyl (C=O) groups is 2. The Bertz CT molecular complexity index is 964. The molecule has 164 valence electrons. The fourth-order valence-corrected chi connectivity index (χ4v) is 4.14. The van der Waals surface area contributed by atoms with Crippen LogP contribution >= 0.6 is 15.9 Å². The summed E-state index contributed by atoms with van der Waals surface area (Å²) in [6.07, 6.45) is -0.989. The summed E-state index contributed by atoms with van der Waals surface area (Å²) in [4.78, 5) is 28.9. The van der Waals surface area contributed by atoms with Gasteiger partial charge in [0.05, 0.1) is 24.5 Å². The van der Waals surface area contributed by atoms with E-state index in [4.69, 9.17) is 4.74 Å². The number of rotatable bonds is 5. The molecule has 1 N–H and O–H groups in total. The van der Waals surface area contributed by atoms with Crippen molar-refractivity contribution in [3.05, 3.63) is 52.8 Å². The van der Waals surface area contributed by atoms with Gasteiger partial charge in [0.25, 0.3) is 0 Å². The van der Waals surface area contributed by atoms with Crippen LogP contribution in [0.1, 0.15) is 6.92 Å². The molecule has 0 bridgehead atoms. The minimum absolute atomic E-state index is 0.190. The Kier molecular flexibility index (Phi) is 6.31. The lowest BCUT2D eigenvalue weighted by Crippen LogP contribution is -2.46. The molecule has 0 spiro atoms. The molecular formula is C22H24BrFN4O3. The van der Waals surface area contributed by atoms with Gasteiger partial charge in [-0.1, -0.05) is 15.9 Å². The van der Waals surface area contributed by atoms with Crippen molar-refractivity contribution in [1.29, 1.82) is 0 Å². The first-order chi connectivity index (χ1) is 14.9. The number of cyclic esters (lactones) is 1. The van der Waals surface area contributed by atoms with Gasteiger partial charge >= 0.3 is 6.09 Å². The van der Waals surface area contributed by atoms with Gasteiger partial charge in [0.15, 0.2) is 0 Å². The maximum Gasteiger partial charge on any atom is 0.414 e. The van der Waals surface area contributed by atoms with Crippen molar-refractivity contribution in [2.75, 3.05) is 54.0 Å². The summed E-state index contributed by atoms with van der Waals surface area (Å²) in [7, 11) is 0. The highest BCUT2D eigenvalue weighted by Crippen LogP contribution is 2.29. The molecular weight excluding hydrogens is 467 g/mol. The summed E-state index contributed by atoms with van der Waals surface area (Å²) in [5.41, 5.74) is 2.13. The van der Waals surface area contributed by atoms with Crippen LogP contribution in [0.25, 0.3) is 0 Å². The van der Waals surface area contributed by atoms with Crippen LogP contribution in [-0.4, -0.2) is 57.4 Å². The summed E-state index contributed by atoms with van der Waals surface area (Å²) in [6.45, 7) is 4.91. The highest BCUT2D eigenvalue weighted by Gasteiger charge is 2.33. The molecule has 31 heavy (non-hydrogen) atoms. The number of halogens is 2. The second-order valence-corrected chi connectivity index (χ2v) is 8.56. The molecule has 2 amide bonds. The van der Waals surface area contributed by atoms with Crippen molar-refractivity contribution in [3.8, 4) is 0 Å². The SMILES string of the molecule is CC(=O)NC[C@H]1CN(c2ccc(N3CCN(c4ccc(Br)cc4)CC3)c(F)c2)C(=O)O1. The van der Waals surface area contributed by atoms with E-state index in [1.165, 1.54) is 17.9 Å². The molecule has 9 heteroatoms. The molecule has 2 saturated heterocycles. The lowest BCUT2D eigenvalue weighted by Gasteiger charge is -2.37. The van der Waals surface area contributed by atoms with Gasteiger partial charge in [0.2, 0.25) is 5.91 Å². The van der Waals surface area contributed by atoms with Gasteiger partial charge < -0.3 is 19.9 Å². The predicted octanol–water partition coefficient (Wildman–Crippen LogP) is 3.38. The molecule has 7 nitrogen and oxygen atoms in total. The van der Waals surface area contributed by atoms with Gasteiger partial charge in [-0.25, -0.2) is 9.18 Å². The summed E-state index contributed by atoms with van der Waals surface area (Å²) in [5.74, 6) is -0.558. The van der Waals surface area contributed by atoms with Crippen LogP contribution < -0.4 is 20.0 Å². The van der Waals surface area contributed by atoms with E-state index < -0.39 is 12.2 Å². The predicted molar refractivity (Wildman–Crippen MR) is 121 cm³/mol. The van der Waals surface area contributed by atoms with E-state index >= 15 is 0 Å². The monoisotopic (exact) mass is 490 g/mol. The van der Waals surface area contributed by atoms with Crippen molar-refractivity contribution in [1.82, 2.24) is 5.32 Å². The zero-order chi connectivity index (χ0) is 22.0. The maximum atomic E-state index is 14.9. The van der Waals surface area contributed by atoms with E-state index in [-0.39, 0.29) is 24.8 Å². The Hall–Kier alpha value is -2.81. The topological polar surface area (TPSA) is 65.1 Å². The third-order valence-corrected chi connectivity index (χ3v) is 6.04. The van der Waals surface area contributed by atoms with Gasteiger partial charge in [0, 0.05) is 43.3 Å². The van der Waals surface area contributed by atoms with E-state index in [0.717, 1.165) is 23.2 Å². The molecule has 0 radical (unpaired) electrons. The summed E-state index contributed by atoms with van der Waals surface area (Å²) in [6, 6.07) is 13.0. The van der Waals surface area contributed by atoms with Crippen LogP contribution in [-0.2, 0) is 9.53 Å². The quantitative estimate of drug-likeness (QED) is 0.695. The van der Waals surface area contributed by atoms with Crippen LogP contribution in [0.3, 0.4) is 0 Å². The van der Waals surface area contributed by atoms with Gasteiger partial charge in [0.1, 0.15) is 11.9 Å². The first kappa shape index (κ1) is 21.4. The molecule has 4 rings (SSSR count). The van der Waals surface area contributed by atoms with Crippen molar-refractivity contribution in [3.63, 3.8) is 0 Å². The van der Waals surface area contributed by atoms with Crippen molar-refractivity contribution < 1.29 is 18.7 Å². The zero-order valence-electron chi connectivity index (χ0n) is 17.2. The number of carbonyl (C=O) groups excluding carboxylic acids is 2. The average molecular weight is 491 g/mol. The zero-order valence-corrected chi connectivity index (χ0v) is 18.8. The molecule has 2 aromatic rings. The number of amides is 2. The largest absolute Gasteiger partial charge is 0.442 e. The number of nitrogens with one attached hydrogen (secondary N) is 1. The number of anilines is 3. The molecule has 2 heterocycles. The molecule has 0 unspecified atom stereocenters. The Balaban J connectivity index is 1.38. The Labute approximate surface area is 188 Å². The van der Waals surface area contributed by atoms with Gasteiger partial charge in [-0.15, -0.1) is 0 Å². The second-order valence-electron chi connectivity index (χ2n) is 7.64. The molecule has 2 aliphatic heterocycles. The molecule has 2 aromatic carbocycles. The molecule has 1 atom stereocenters. The average Bonchev–Trinajstić information content (AvgIpc) is 3.13. The third-order valence-electron chi connectivity index (χ3n) is 5.51. The first-order valence-electron chi connectivity index (χ1n) is 10.2. The van der Waals surface area contributed by atoms with Crippen LogP contribution in [0.15, 0.2) is 46.9 Å². The van der Waals surface area contributed by atoms with Crippen molar-refractivity contribution in [2.24, 2.45) is 0 Å². The van der Waals surface area contributed by atoms with Crippen molar-refractivity contribution >= 4 is 45.0 Å². The maximum absolute atomic E-state index is 14.9. The molecule has 0 aliphatic carbocycles. The highest BCUT2D eigenvalue weighted by atomic mass is 79.9. The fourth-order valence-electron chi connectivity index (χ4n) is 3.87. The standard InChI is InChI=1S/C22H24BrFN4O3/c1-15(29)25-13-19-14-28(22(30)31-19)18-6-7-21(20(24)12-18)27-10-8-26(9-11-27)17-4-2-16(23)3-5-17/h2-7,12,19H,8-11,13-14H2,1H3,(H,25,29)/t19-/m0/s1. The van der Waals surface area contributed by atoms with E-state index in [0.29, 0.717) is 24.5 Å². The lowest BCUT2D eigenvalue weighted by atomic mass is 10.2. The summed E-state index contributed by atoms with van der Waals surface area (Å²) in [5, 5.41) is 2.63. The molecule has 2 aliphatic rings. The number of hydrogen-bond acceptors (Lipinski definition) is 5. The number of ether oxygens (including phenoxy) is 1. The smallest absolute Gasteiger partial charge is 0.414 e. The summed E-state index contributed by atoms with van der Waals surface area (Å²) < 4.78 is 21.2. The van der Waals surface area contributed by atoms with E-state index in [9.17, 15) is 14.0 Å². The fraction of sp³-hybridized carbons (Fsp3) is 0.364. The number of hydrogen-bond donors (Lipinski definition) is 1. The number of nitrogens with zero attached hydrogens (tertiary/aromatic N) is 3. The Morgan fingerprint density at radius 1 is 1.10 bits per heavy atom. The minimum Gasteiger partial charge on any atom is -0.442 e. The molecule has 0 saturated carbocycles. The highest BCUT2D eigenvalue weighted by molar-refractivity contribution is 9.10. The minimum atomic E-state index is -0.536. The van der Waals surface area contributed by atoms with E-state index in [1.807, 2.05) is 17.0 Å². The van der Waals surface area contributed by atoms with Crippen LogP contribution in [0.5, 0.6) is 0 Å². The van der Waals surface area contributed by atoms with Crippen LogP contribution in [0.2, 0.25) is 0 Å². The number of benzene rings is 2. The van der Waals surface area contributed by atoms with E-state index in [1.54, 1.807) is 12.1 Å². The van der Waals surface area contributed by atoms with Crippen LogP contribution in [0.4, 0.5) is 26.2 Å². The Morgan fingerprint density at radius 3 is 2.39 bits per heavy atom. The van der Waals surface area contributed by atoms with Gasteiger partial charge in [-0.2, -0.15) is 0 Å². The number of piperazine rings is 1. The van der Waals surface area contributed by atoms with E-state index in [2.05, 4.69) is 38.3 Å². The van der Waals surface area contributed by atoms with Crippen molar-refractivity contribution in [2.45, 2.75) is 13.0 Å². The third kappa shape index (κ3) is 4.92. The Morgan fingerprint density at radius 2 is 1.74 bits per heavy atom. The lowest BCUT2D eigenvalue weighted by molar-refractivity contribution is -0.119.